The molecule has 11 heavy (non-hydrogen) atoms. The highest BCUT2D eigenvalue weighted by Gasteiger charge is 2.18. The lowest BCUT2D eigenvalue weighted by molar-refractivity contribution is 0.230. The predicted octanol–water partition coefficient (Wildman–Crippen LogP) is 1.58. The first-order chi connectivity index (χ1) is 5.20. The van der Waals surface area contributed by atoms with Gasteiger partial charge < -0.3 is 9.31 Å². The minimum Gasteiger partial charge on any atom is -0.418 e. The third-order valence-corrected chi connectivity index (χ3v) is 1.20. The second kappa shape index (κ2) is 6.74. The van der Waals surface area contributed by atoms with Crippen molar-refractivity contribution in [1.82, 2.24) is 0 Å². The first kappa shape index (κ1) is 11.0. The number of hydrogen-bond acceptors (Lipinski definition) is 2. The van der Waals surface area contributed by atoms with Crippen LogP contribution in [0.1, 0.15) is 27.7 Å². The van der Waals surface area contributed by atoms with Crippen molar-refractivity contribution < 1.29 is 9.31 Å². The quantitative estimate of drug-likeness (QED) is 0.541. The van der Waals surface area contributed by atoms with E-state index in [9.17, 15) is 0 Å². The monoisotopic (exact) mass is 155 g/mol. The van der Waals surface area contributed by atoms with Gasteiger partial charge in [0.05, 0.1) is 0 Å². The van der Waals surface area contributed by atoms with Crippen LogP contribution in [0.15, 0.2) is 0 Å². The lowest BCUT2D eigenvalue weighted by Crippen LogP contribution is -2.32. The van der Waals surface area contributed by atoms with Crippen LogP contribution in [0.3, 0.4) is 0 Å². The molecule has 0 aromatic rings. The third kappa shape index (κ3) is 6.45. The van der Waals surface area contributed by atoms with Gasteiger partial charge in [0.25, 0.3) is 0 Å². The van der Waals surface area contributed by atoms with Gasteiger partial charge in [-0.3, -0.25) is 0 Å². The Morgan fingerprint density at radius 2 is 1.64 bits per heavy atom. The highest BCUT2D eigenvalue weighted by molar-refractivity contribution is 7.06. The minimum absolute atomic E-state index is 0.120. The molecule has 0 aliphatic rings. The van der Waals surface area contributed by atoms with E-state index in [0.29, 0.717) is 19.0 Å². The van der Waals surface area contributed by atoms with Gasteiger partial charge in [-0.25, -0.2) is 0 Å². The average Bonchev–Trinajstić information content (AvgIpc) is 1.87. The van der Waals surface area contributed by atoms with Crippen molar-refractivity contribution in [3.05, 3.63) is 0 Å². The van der Waals surface area contributed by atoms with Crippen LogP contribution < -0.4 is 0 Å². The Morgan fingerprint density at radius 1 is 1.18 bits per heavy atom. The van der Waals surface area contributed by atoms with Crippen LogP contribution in [0.5, 0.6) is 0 Å². The van der Waals surface area contributed by atoms with Gasteiger partial charge >= 0.3 is 7.01 Å². The van der Waals surface area contributed by atoms with Gasteiger partial charge in [-0.1, -0.05) is 19.7 Å². The van der Waals surface area contributed by atoms with Crippen LogP contribution in [-0.2, 0) is 9.31 Å². The average molecular weight is 155 g/mol. The van der Waals surface area contributed by atoms with Crippen LogP contribution in [0.25, 0.3) is 0 Å². The molecule has 0 unspecified atom stereocenters. The Kier molecular flexibility index (Phi) is 6.77. The molecule has 1 radical (unpaired) electrons. The van der Waals surface area contributed by atoms with Crippen molar-refractivity contribution >= 4 is 14.2 Å². The molecule has 0 amide bonds. The second-order valence-electron chi connectivity index (χ2n) is 2.72. The molecule has 0 saturated carbocycles. The van der Waals surface area contributed by atoms with E-state index < -0.39 is 0 Å². The lowest BCUT2D eigenvalue weighted by Gasteiger charge is -2.13. The zero-order valence-electron chi connectivity index (χ0n) is 7.96. The fourth-order valence-electron chi connectivity index (χ4n) is 0.802. The molecular formula is C7H17B2O2. The highest BCUT2D eigenvalue weighted by Crippen LogP contribution is 2.01. The first-order valence-electron chi connectivity index (χ1n) is 4.28. The Labute approximate surface area is 71.0 Å². The van der Waals surface area contributed by atoms with Gasteiger partial charge in [0.15, 0.2) is 7.17 Å². The third-order valence-electron chi connectivity index (χ3n) is 1.20. The predicted molar refractivity (Wildman–Crippen MR) is 49.9 cm³/mol. The van der Waals surface area contributed by atoms with E-state index in [1.54, 1.807) is 0 Å². The summed E-state index contributed by atoms with van der Waals surface area (Å²) < 4.78 is 10.6. The van der Waals surface area contributed by atoms with E-state index in [1.807, 2.05) is 13.8 Å². The largest absolute Gasteiger partial charge is 0.418 e. The summed E-state index contributed by atoms with van der Waals surface area (Å²) in [5.41, 5.74) is 0. The molecule has 0 saturated heterocycles. The summed E-state index contributed by atoms with van der Waals surface area (Å²) in [6.45, 7) is 9.58. The molecule has 0 aromatic carbocycles. The fourth-order valence-corrected chi connectivity index (χ4v) is 0.802. The van der Waals surface area contributed by atoms with Gasteiger partial charge in [-0.15, -0.1) is 0 Å². The fraction of sp³-hybridized carbons (Fsp3) is 1.00. The van der Waals surface area contributed by atoms with Gasteiger partial charge in [0.1, 0.15) is 0 Å². The van der Waals surface area contributed by atoms with Crippen molar-refractivity contribution in [2.45, 2.75) is 33.5 Å². The lowest BCUT2D eigenvalue weighted by atomic mass is 9.38. The maximum absolute atomic E-state index is 5.32. The molecular weight excluding hydrogens is 138 g/mol. The van der Waals surface area contributed by atoms with E-state index in [-0.39, 0.29) is 7.01 Å². The summed E-state index contributed by atoms with van der Waals surface area (Å²) in [5.74, 6) is 0.512. The van der Waals surface area contributed by atoms with E-state index in [2.05, 4.69) is 21.0 Å². The van der Waals surface area contributed by atoms with Crippen LogP contribution in [0.4, 0.5) is 0 Å². The zero-order valence-corrected chi connectivity index (χ0v) is 7.96. The Hall–Kier alpha value is 0.0499. The molecule has 0 rings (SSSR count). The van der Waals surface area contributed by atoms with Crippen LogP contribution in [0.2, 0.25) is 5.82 Å². The smallest absolute Gasteiger partial charge is 0.397 e. The van der Waals surface area contributed by atoms with Gasteiger partial charge in [0, 0.05) is 13.2 Å². The molecule has 0 N–H and O–H groups in total. The SMILES string of the molecule is CCOB([B]C(C)C)OCC. The maximum atomic E-state index is 5.32. The molecule has 0 bridgehead atoms. The van der Waals surface area contributed by atoms with Gasteiger partial charge in [-0.05, 0) is 13.8 Å². The minimum atomic E-state index is -0.120. The van der Waals surface area contributed by atoms with Crippen molar-refractivity contribution in [3.63, 3.8) is 0 Å². The first-order valence-corrected chi connectivity index (χ1v) is 4.28. The highest BCUT2D eigenvalue weighted by atomic mass is 16.6. The molecule has 63 valence electrons. The van der Waals surface area contributed by atoms with Crippen LogP contribution in [-0.4, -0.2) is 27.4 Å². The summed E-state index contributed by atoms with van der Waals surface area (Å²) in [7, 11) is 1.94. The topological polar surface area (TPSA) is 18.5 Å². The van der Waals surface area contributed by atoms with Gasteiger partial charge in [-0.2, -0.15) is 0 Å². The van der Waals surface area contributed by atoms with Crippen molar-refractivity contribution in [2.75, 3.05) is 13.2 Å². The van der Waals surface area contributed by atoms with Crippen LogP contribution >= 0.6 is 0 Å². The second-order valence-corrected chi connectivity index (χ2v) is 2.72. The number of rotatable bonds is 6. The van der Waals surface area contributed by atoms with Crippen molar-refractivity contribution in [3.8, 4) is 0 Å². The summed E-state index contributed by atoms with van der Waals surface area (Å²) in [4.78, 5) is 0. The molecule has 0 aromatic heterocycles. The number of hydrogen-bond donors (Lipinski definition) is 0. The Morgan fingerprint density at radius 3 is 1.91 bits per heavy atom. The van der Waals surface area contributed by atoms with E-state index in [4.69, 9.17) is 9.31 Å². The van der Waals surface area contributed by atoms with Crippen molar-refractivity contribution in [1.29, 1.82) is 0 Å². The Balaban J connectivity index is 3.50. The van der Waals surface area contributed by atoms with E-state index in [1.165, 1.54) is 0 Å². The summed E-state index contributed by atoms with van der Waals surface area (Å²) in [6, 6.07) is 0. The maximum Gasteiger partial charge on any atom is 0.397 e. The standard InChI is InChI=1S/C7H17B2O2/c1-5-10-9(11-6-2)8-7(3)4/h7H,5-6H2,1-4H3. The Bertz CT molecular complexity index is 82.5. The molecule has 0 aliphatic carbocycles. The molecule has 0 fully saturated rings. The molecule has 0 atom stereocenters. The normalized spacial score (nSPS) is 10.3. The summed E-state index contributed by atoms with van der Waals surface area (Å²) >= 11 is 0. The molecule has 4 heteroatoms. The van der Waals surface area contributed by atoms with E-state index >= 15 is 0 Å². The summed E-state index contributed by atoms with van der Waals surface area (Å²) in [6.07, 6.45) is 0. The molecule has 0 heterocycles. The van der Waals surface area contributed by atoms with Gasteiger partial charge in [0.2, 0.25) is 0 Å². The van der Waals surface area contributed by atoms with Crippen molar-refractivity contribution in [2.24, 2.45) is 0 Å². The summed E-state index contributed by atoms with van der Waals surface area (Å²) in [5, 5.41) is 0. The molecule has 0 aliphatic heterocycles. The van der Waals surface area contributed by atoms with E-state index in [0.717, 1.165) is 0 Å². The zero-order chi connectivity index (χ0) is 8.69. The van der Waals surface area contributed by atoms with Crippen LogP contribution in [0, 0.1) is 0 Å². The molecule has 0 spiro atoms. The molecule has 2 nitrogen and oxygen atoms in total.